The van der Waals surface area contributed by atoms with Crippen LogP contribution in [-0.4, -0.2) is 74.1 Å². The molecular weight excluding hydrogens is 554 g/mol. The Morgan fingerprint density at radius 2 is 1.98 bits per heavy atom. The van der Waals surface area contributed by atoms with Crippen molar-refractivity contribution in [1.82, 2.24) is 19.7 Å². The van der Waals surface area contributed by atoms with E-state index in [2.05, 4.69) is 10.3 Å². The number of pyridine rings is 1. The Labute approximate surface area is 250 Å². The number of likely N-dealkylation sites (tertiary alicyclic amines) is 1. The molecule has 3 fully saturated rings. The molecule has 1 aromatic carbocycles. The second-order valence-corrected chi connectivity index (χ2v) is 13.5. The van der Waals surface area contributed by atoms with Gasteiger partial charge in [0.05, 0.1) is 5.52 Å². The van der Waals surface area contributed by atoms with Crippen molar-refractivity contribution in [2.24, 2.45) is 0 Å². The number of hydrogen-bond donors (Lipinski definition) is 1. The summed E-state index contributed by atoms with van der Waals surface area (Å²) >= 11 is 1.47. The summed E-state index contributed by atoms with van der Waals surface area (Å²) in [4.78, 5) is 32.6. The summed E-state index contributed by atoms with van der Waals surface area (Å²) in [6.07, 6.45) is 9.18. The van der Waals surface area contributed by atoms with Gasteiger partial charge in [0.15, 0.2) is 6.23 Å². The number of carbonyl (C=O) groups is 2. The minimum atomic E-state index is -0.768. The van der Waals surface area contributed by atoms with Gasteiger partial charge < -0.3 is 24.4 Å². The van der Waals surface area contributed by atoms with Crippen molar-refractivity contribution in [3.8, 4) is 17.1 Å². The van der Waals surface area contributed by atoms with Crippen LogP contribution < -0.4 is 10.1 Å². The highest BCUT2D eigenvalue weighted by molar-refractivity contribution is 8.00. The van der Waals surface area contributed by atoms with Gasteiger partial charge >= 0.3 is 6.09 Å². The average Bonchev–Trinajstić information content (AvgIpc) is 3.53. The maximum atomic E-state index is 13.7. The molecule has 0 bridgehead atoms. The van der Waals surface area contributed by atoms with Gasteiger partial charge in [0.25, 0.3) is 0 Å². The Balaban J connectivity index is 1.27. The minimum Gasteiger partial charge on any atom is -0.474 e. The number of amides is 2. The summed E-state index contributed by atoms with van der Waals surface area (Å²) in [5.41, 5.74) is 2.65. The van der Waals surface area contributed by atoms with Crippen LogP contribution in [0.3, 0.4) is 0 Å². The molecule has 10 nitrogen and oxygen atoms in total. The second-order valence-electron chi connectivity index (χ2n) is 12.4. The number of nitrogens with zero attached hydrogens (tertiary/aromatic N) is 4. The van der Waals surface area contributed by atoms with Crippen LogP contribution in [0.5, 0.6) is 5.88 Å². The quantitative estimate of drug-likeness (QED) is 0.354. The third-order valence-corrected chi connectivity index (χ3v) is 9.20. The van der Waals surface area contributed by atoms with E-state index in [9.17, 15) is 9.59 Å². The fourth-order valence-corrected chi connectivity index (χ4v) is 6.29. The highest BCUT2D eigenvalue weighted by Crippen LogP contribution is 2.38. The monoisotopic (exact) mass is 593 g/mol. The lowest BCUT2D eigenvalue weighted by Crippen LogP contribution is -2.44. The van der Waals surface area contributed by atoms with Gasteiger partial charge in [0, 0.05) is 48.6 Å². The molecule has 2 aromatic heterocycles. The van der Waals surface area contributed by atoms with Crippen LogP contribution in [0.2, 0.25) is 0 Å². The Morgan fingerprint density at radius 1 is 1.14 bits per heavy atom. The number of rotatable bonds is 7. The zero-order chi connectivity index (χ0) is 29.5. The van der Waals surface area contributed by atoms with E-state index in [4.69, 9.17) is 19.3 Å². The maximum absolute atomic E-state index is 13.7. The summed E-state index contributed by atoms with van der Waals surface area (Å²) in [5.74, 6) is 0.487. The molecule has 11 heteroatoms. The van der Waals surface area contributed by atoms with Crippen LogP contribution in [0.15, 0.2) is 36.5 Å². The first-order chi connectivity index (χ1) is 20.1. The van der Waals surface area contributed by atoms with Crippen molar-refractivity contribution in [3.05, 3.63) is 36.5 Å². The van der Waals surface area contributed by atoms with Gasteiger partial charge in [-0.2, -0.15) is 5.10 Å². The van der Waals surface area contributed by atoms with E-state index in [0.717, 1.165) is 54.3 Å². The Kier molecular flexibility index (Phi) is 7.82. The second kappa shape index (κ2) is 11.4. The van der Waals surface area contributed by atoms with Crippen molar-refractivity contribution >= 4 is 40.4 Å². The van der Waals surface area contributed by atoms with Gasteiger partial charge in [0.2, 0.25) is 11.8 Å². The van der Waals surface area contributed by atoms with Gasteiger partial charge in [0.1, 0.15) is 22.1 Å². The summed E-state index contributed by atoms with van der Waals surface area (Å²) in [6, 6.07) is 9.74. The number of nitrogens with one attached hydrogen (secondary N) is 1. The highest BCUT2D eigenvalue weighted by Gasteiger charge is 2.46. The largest absolute Gasteiger partial charge is 0.474 e. The molecule has 0 spiro atoms. The molecule has 3 aromatic rings. The zero-order valence-electron chi connectivity index (χ0n) is 24.7. The van der Waals surface area contributed by atoms with E-state index in [-0.39, 0.29) is 18.2 Å². The molecule has 6 rings (SSSR count). The minimum absolute atomic E-state index is 0.131. The van der Waals surface area contributed by atoms with Gasteiger partial charge in [-0.25, -0.2) is 14.5 Å². The lowest BCUT2D eigenvalue weighted by Gasteiger charge is -2.28. The molecule has 224 valence electrons. The standard InChI is InChI=1S/C31H39N5O5S/c1-30(2,3)41-29(38)35-15-14-31(19-35,42-4)28(37)33-21-9-12-24-23(17-21)27(34-36(24)26-7-5-6-16-39-26)20-8-13-25(32-18-20)40-22-10-11-22/h8-9,12-13,17-18,22,26H,5-7,10-11,14-16,19H2,1-4H3,(H,33,37)/t26-,31-/m0/s1. The molecule has 2 aliphatic heterocycles. The van der Waals surface area contributed by atoms with Gasteiger partial charge in [-0.15, -0.1) is 11.8 Å². The topological polar surface area (TPSA) is 108 Å². The Morgan fingerprint density at radius 3 is 2.64 bits per heavy atom. The van der Waals surface area contributed by atoms with Crippen LogP contribution in [0.1, 0.15) is 65.5 Å². The van der Waals surface area contributed by atoms with E-state index in [1.54, 1.807) is 11.1 Å². The van der Waals surface area contributed by atoms with Crippen molar-refractivity contribution in [3.63, 3.8) is 0 Å². The fourth-order valence-electron chi connectivity index (χ4n) is 5.47. The molecule has 2 amide bonds. The van der Waals surface area contributed by atoms with Gasteiger partial charge in [-0.05, 0) is 89.8 Å². The van der Waals surface area contributed by atoms with Crippen LogP contribution in [0.4, 0.5) is 10.5 Å². The molecule has 3 aliphatic rings. The maximum Gasteiger partial charge on any atom is 0.410 e. The molecule has 1 N–H and O–H groups in total. The third kappa shape index (κ3) is 6.08. The number of fused-ring (bicyclic) bond motifs is 1. The van der Waals surface area contributed by atoms with E-state index >= 15 is 0 Å². The smallest absolute Gasteiger partial charge is 0.410 e. The van der Waals surface area contributed by atoms with E-state index in [1.807, 2.05) is 62.0 Å². The number of anilines is 1. The first-order valence-corrected chi connectivity index (χ1v) is 16.0. The molecular formula is C31H39N5O5S. The summed E-state index contributed by atoms with van der Waals surface area (Å²) in [6.45, 7) is 6.99. The predicted octanol–water partition coefficient (Wildman–Crippen LogP) is 6.02. The molecule has 1 aliphatic carbocycles. The normalized spacial score (nSPS) is 22.8. The predicted molar refractivity (Wildman–Crippen MR) is 163 cm³/mol. The first-order valence-electron chi connectivity index (χ1n) is 14.8. The van der Waals surface area contributed by atoms with E-state index in [1.165, 1.54) is 11.8 Å². The van der Waals surface area contributed by atoms with Crippen molar-refractivity contribution in [2.45, 2.75) is 82.0 Å². The Hall–Kier alpha value is -3.31. The number of benzene rings is 1. The Bertz CT molecular complexity index is 1460. The molecule has 0 radical (unpaired) electrons. The van der Waals surface area contributed by atoms with Crippen LogP contribution in [0, 0.1) is 0 Å². The number of hydrogen-bond acceptors (Lipinski definition) is 8. The lowest BCUT2D eigenvalue weighted by molar-refractivity contribution is -0.118. The molecule has 42 heavy (non-hydrogen) atoms. The number of ether oxygens (including phenoxy) is 3. The molecule has 0 unspecified atom stereocenters. The van der Waals surface area contributed by atoms with Crippen molar-refractivity contribution in [1.29, 1.82) is 0 Å². The summed E-state index contributed by atoms with van der Waals surface area (Å²) in [5, 5.41) is 9.05. The first kappa shape index (κ1) is 28.8. The molecule has 2 saturated heterocycles. The van der Waals surface area contributed by atoms with E-state index in [0.29, 0.717) is 37.7 Å². The number of thioether (sulfide) groups is 1. The van der Waals surface area contributed by atoms with Crippen molar-refractivity contribution < 1.29 is 23.8 Å². The fraction of sp³-hybridized carbons (Fsp3) is 0.548. The molecule has 4 heterocycles. The number of aromatic nitrogens is 3. The van der Waals surface area contributed by atoms with Gasteiger partial charge in [-0.3, -0.25) is 4.79 Å². The third-order valence-electron chi connectivity index (χ3n) is 7.90. The van der Waals surface area contributed by atoms with Crippen LogP contribution >= 0.6 is 11.8 Å². The van der Waals surface area contributed by atoms with Crippen LogP contribution in [-0.2, 0) is 14.3 Å². The van der Waals surface area contributed by atoms with E-state index < -0.39 is 16.4 Å². The van der Waals surface area contributed by atoms with Crippen molar-refractivity contribution in [2.75, 3.05) is 31.3 Å². The summed E-state index contributed by atoms with van der Waals surface area (Å²) in [7, 11) is 0. The number of carbonyl (C=O) groups excluding carboxylic acids is 2. The average molecular weight is 594 g/mol. The van der Waals surface area contributed by atoms with Gasteiger partial charge in [-0.1, -0.05) is 0 Å². The van der Waals surface area contributed by atoms with Crippen LogP contribution in [0.25, 0.3) is 22.2 Å². The zero-order valence-corrected chi connectivity index (χ0v) is 25.5. The SMILES string of the molecule is CS[C@@]1(C(=O)Nc2ccc3c(c2)c(-c2ccc(OC4CC4)nc2)nn3[C@@H]2CCCCO2)CCN(C(=O)OC(C)(C)C)C1. The summed E-state index contributed by atoms with van der Waals surface area (Å²) < 4.78 is 18.7. The molecule has 1 saturated carbocycles. The highest BCUT2D eigenvalue weighted by atomic mass is 32.2. The molecule has 2 atom stereocenters. The lowest BCUT2D eigenvalue weighted by atomic mass is 10.1.